The highest BCUT2D eigenvalue weighted by molar-refractivity contribution is 5.79. The summed E-state index contributed by atoms with van der Waals surface area (Å²) < 4.78 is 0. The van der Waals surface area contributed by atoms with Crippen LogP contribution in [0.25, 0.3) is 0 Å². The van der Waals surface area contributed by atoms with E-state index in [9.17, 15) is 4.79 Å². The molecule has 5 heteroatoms. The third kappa shape index (κ3) is 2.97. The highest BCUT2D eigenvalue weighted by Crippen LogP contribution is 2.21. The lowest BCUT2D eigenvalue weighted by molar-refractivity contribution is -0.122. The first-order chi connectivity index (χ1) is 8.08. The molecule has 0 aliphatic carbocycles. The van der Waals surface area contributed by atoms with E-state index >= 15 is 0 Å². The van der Waals surface area contributed by atoms with Gasteiger partial charge in [0.1, 0.15) is 0 Å². The van der Waals surface area contributed by atoms with Crippen LogP contribution in [0.1, 0.15) is 26.2 Å². The predicted octanol–water partition coefficient (Wildman–Crippen LogP) is -0.642. The van der Waals surface area contributed by atoms with E-state index in [4.69, 9.17) is 11.5 Å². The smallest absolute Gasteiger partial charge is 0.234 e. The zero-order valence-electron chi connectivity index (χ0n) is 10.6. The van der Waals surface area contributed by atoms with Crippen LogP contribution in [0.5, 0.6) is 0 Å². The van der Waals surface area contributed by atoms with Crippen molar-refractivity contribution in [2.24, 2.45) is 11.5 Å². The van der Waals surface area contributed by atoms with Crippen molar-refractivity contribution in [3.8, 4) is 0 Å². The third-order valence-corrected chi connectivity index (χ3v) is 4.24. The van der Waals surface area contributed by atoms with Crippen LogP contribution in [-0.2, 0) is 4.79 Å². The predicted molar refractivity (Wildman–Crippen MR) is 67.4 cm³/mol. The molecule has 0 bridgehead atoms. The van der Waals surface area contributed by atoms with Gasteiger partial charge in [-0.1, -0.05) is 0 Å². The van der Waals surface area contributed by atoms with E-state index in [1.54, 1.807) is 0 Å². The Morgan fingerprint density at radius 3 is 2.47 bits per heavy atom. The molecule has 17 heavy (non-hydrogen) atoms. The zero-order valence-corrected chi connectivity index (χ0v) is 10.6. The number of nitrogens with two attached hydrogens (primary N) is 2. The summed E-state index contributed by atoms with van der Waals surface area (Å²) in [6, 6.07) is 0.838. The van der Waals surface area contributed by atoms with Crippen LogP contribution in [0.4, 0.5) is 0 Å². The Hall–Kier alpha value is -0.650. The van der Waals surface area contributed by atoms with Crippen LogP contribution in [0.15, 0.2) is 0 Å². The average Bonchev–Trinajstić information content (AvgIpc) is 2.78. The molecule has 0 spiro atoms. The lowest BCUT2D eigenvalue weighted by atomic mass is 10.0. The first kappa shape index (κ1) is 12.8. The van der Waals surface area contributed by atoms with Gasteiger partial charge >= 0.3 is 0 Å². The number of hydrogen-bond acceptors (Lipinski definition) is 4. The highest BCUT2D eigenvalue weighted by Gasteiger charge is 2.32. The molecular weight excluding hydrogens is 216 g/mol. The van der Waals surface area contributed by atoms with Crippen molar-refractivity contribution in [1.82, 2.24) is 9.80 Å². The number of carbonyl (C=O) groups excluding carboxylic acids is 1. The van der Waals surface area contributed by atoms with Crippen molar-refractivity contribution in [2.45, 2.75) is 44.3 Å². The van der Waals surface area contributed by atoms with Gasteiger partial charge in [0.2, 0.25) is 5.91 Å². The molecule has 98 valence electrons. The Kier molecular flexibility index (Phi) is 4.01. The zero-order chi connectivity index (χ0) is 12.4. The highest BCUT2D eigenvalue weighted by atomic mass is 16.1. The minimum atomic E-state index is -0.216. The molecule has 0 aromatic carbocycles. The molecule has 0 radical (unpaired) electrons. The van der Waals surface area contributed by atoms with E-state index in [1.807, 2.05) is 6.92 Å². The Morgan fingerprint density at radius 1 is 1.24 bits per heavy atom. The van der Waals surface area contributed by atoms with E-state index < -0.39 is 0 Å². The van der Waals surface area contributed by atoms with Crippen LogP contribution >= 0.6 is 0 Å². The average molecular weight is 240 g/mol. The molecular formula is C12H24N4O. The van der Waals surface area contributed by atoms with Gasteiger partial charge in [0.05, 0.1) is 6.04 Å². The van der Waals surface area contributed by atoms with E-state index in [0.29, 0.717) is 12.1 Å². The fraction of sp³-hybridized carbons (Fsp3) is 0.917. The van der Waals surface area contributed by atoms with Crippen molar-refractivity contribution < 1.29 is 4.79 Å². The summed E-state index contributed by atoms with van der Waals surface area (Å²) >= 11 is 0. The summed E-state index contributed by atoms with van der Waals surface area (Å²) in [4.78, 5) is 15.9. The first-order valence-corrected chi connectivity index (χ1v) is 6.61. The summed E-state index contributed by atoms with van der Waals surface area (Å²) in [5.41, 5.74) is 11.3. The van der Waals surface area contributed by atoms with Crippen LogP contribution in [-0.4, -0.2) is 60.0 Å². The van der Waals surface area contributed by atoms with E-state index in [2.05, 4.69) is 9.80 Å². The van der Waals surface area contributed by atoms with E-state index in [-0.39, 0.29) is 11.9 Å². The molecule has 2 rings (SSSR count). The second kappa shape index (κ2) is 5.33. The number of hydrogen-bond donors (Lipinski definition) is 2. The molecule has 2 heterocycles. The maximum absolute atomic E-state index is 11.2. The maximum Gasteiger partial charge on any atom is 0.234 e. The van der Waals surface area contributed by atoms with Gasteiger partial charge in [-0.15, -0.1) is 0 Å². The number of primary amides is 1. The molecule has 4 N–H and O–H groups in total. The largest absolute Gasteiger partial charge is 0.368 e. The number of piperidine rings is 1. The summed E-state index contributed by atoms with van der Waals surface area (Å²) in [5, 5.41) is 0. The van der Waals surface area contributed by atoms with Crippen molar-refractivity contribution in [1.29, 1.82) is 0 Å². The van der Waals surface area contributed by atoms with Crippen molar-refractivity contribution >= 4 is 5.91 Å². The van der Waals surface area contributed by atoms with Gasteiger partial charge in [-0.05, 0) is 39.3 Å². The normalized spacial score (nSPS) is 30.6. The molecule has 2 saturated heterocycles. The summed E-state index contributed by atoms with van der Waals surface area (Å²) in [6.45, 7) is 6.06. The summed E-state index contributed by atoms with van der Waals surface area (Å²) in [6.07, 6.45) is 3.34. The lowest BCUT2D eigenvalue weighted by Gasteiger charge is -2.35. The molecule has 2 aliphatic rings. The van der Waals surface area contributed by atoms with E-state index in [1.165, 1.54) is 0 Å². The van der Waals surface area contributed by atoms with Crippen LogP contribution in [0.3, 0.4) is 0 Å². The molecule has 1 amide bonds. The van der Waals surface area contributed by atoms with Gasteiger partial charge in [-0.25, -0.2) is 0 Å². The Morgan fingerprint density at radius 2 is 1.88 bits per heavy atom. The molecule has 0 aromatic heterocycles. The minimum absolute atomic E-state index is 0.132. The van der Waals surface area contributed by atoms with E-state index in [0.717, 1.165) is 45.4 Å². The SMILES string of the molecule is CC(C(N)=O)N1CCC(N2CCC(N)CC2)C1. The molecule has 2 fully saturated rings. The number of carbonyl (C=O) groups is 1. The van der Waals surface area contributed by atoms with Gasteiger partial charge in [-0.2, -0.15) is 0 Å². The topological polar surface area (TPSA) is 75.6 Å². The molecule has 5 nitrogen and oxygen atoms in total. The molecule has 2 atom stereocenters. The molecule has 2 aliphatic heterocycles. The maximum atomic E-state index is 11.2. The lowest BCUT2D eigenvalue weighted by Crippen LogP contribution is -2.47. The van der Waals surface area contributed by atoms with Crippen molar-refractivity contribution in [2.75, 3.05) is 26.2 Å². The number of amides is 1. The van der Waals surface area contributed by atoms with Gasteiger partial charge in [-0.3, -0.25) is 14.6 Å². The van der Waals surface area contributed by atoms with Crippen LogP contribution < -0.4 is 11.5 Å². The first-order valence-electron chi connectivity index (χ1n) is 6.61. The Balaban J connectivity index is 1.83. The van der Waals surface area contributed by atoms with Crippen molar-refractivity contribution in [3.05, 3.63) is 0 Å². The second-order valence-corrected chi connectivity index (χ2v) is 5.39. The van der Waals surface area contributed by atoms with Gasteiger partial charge in [0.15, 0.2) is 0 Å². The molecule has 0 saturated carbocycles. The number of rotatable bonds is 3. The quantitative estimate of drug-likeness (QED) is 0.688. The monoisotopic (exact) mass is 240 g/mol. The molecule has 2 unspecified atom stereocenters. The number of likely N-dealkylation sites (tertiary alicyclic amines) is 2. The minimum Gasteiger partial charge on any atom is -0.368 e. The van der Waals surface area contributed by atoms with Crippen LogP contribution in [0, 0.1) is 0 Å². The fourth-order valence-corrected chi connectivity index (χ4v) is 2.88. The van der Waals surface area contributed by atoms with Gasteiger partial charge in [0.25, 0.3) is 0 Å². The van der Waals surface area contributed by atoms with Gasteiger partial charge < -0.3 is 11.5 Å². The van der Waals surface area contributed by atoms with Crippen LogP contribution in [0.2, 0.25) is 0 Å². The second-order valence-electron chi connectivity index (χ2n) is 5.39. The Bertz CT molecular complexity index is 276. The third-order valence-electron chi connectivity index (χ3n) is 4.24. The summed E-state index contributed by atoms with van der Waals surface area (Å²) in [7, 11) is 0. The summed E-state index contributed by atoms with van der Waals surface area (Å²) in [5.74, 6) is -0.216. The standard InChI is InChI=1S/C12H24N4O/c1-9(12(14)17)16-7-4-11(8-16)15-5-2-10(13)3-6-15/h9-11H,2-8,13H2,1H3,(H2,14,17). The Labute approximate surface area is 103 Å². The van der Waals surface area contributed by atoms with Crippen molar-refractivity contribution in [3.63, 3.8) is 0 Å². The number of nitrogens with zero attached hydrogens (tertiary/aromatic N) is 2. The fourth-order valence-electron chi connectivity index (χ4n) is 2.88. The molecule has 0 aromatic rings. The van der Waals surface area contributed by atoms with Gasteiger partial charge in [0, 0.05) is 25.2 Å².